The quantitative estimate of drug-likeness (QED) is 0.842. The lowest BCUT2D eigenvalue weighted by molar-refractivity contribution is -0.274. The number of rotatable bonds is 6. The second-order valence-corrected chi connectivity index (χ2v) is 5.53. The zero-order valence-electron chi connectivity index (χ0n) is 12.4. The fourth-order valence-corrected chi connectivity index (χ4v) is 2.22. The van der Waals surface area contributed by atoms with E-state index in [9.17, 15) is 23.2 Å². The summed E-state index contributed by atoms with van der Waals surface area (Å²) >= 11 is 0. The van der Waals surface area contributed by atoms with Gasteiger partial charge in [0.2, 0.25) is 5.91 Å². The van der Waals surface area contributed by atoms with Gasteiger partial charge in [-0.3, -0.25) is 4.79 Å². The molecule has 0 radical (unpaired) electrons. The van der Waals surface area contributed by atoms with E-state index in [-0.39, 0.29) is 18.2 Å². The zero-order valence-corrected chi connectivity index (χ0v) is 12.4. The highest BCUT2D eigenvalue weighted by Gasteiger charge is 2.43. The summed E-state index contributed by atoms with van der Waals surface area (Å²) in [5.41, 5.74) is -0.897. The van der Waals surface area contributed by atoms with Crippen LogP contribution in [0, 0.1) is 17.2 Å². The van der Waals surface area contributed by atoms with E-state index in [1.165, 1.54) is 18.2 Å². The number of anilines is 1. The van der Waals surface area contributed by atoms with Gasteiger partial charge in [0.15, 0.2) is 5.75 Å². The number of carbonyl (C=O) groups is 1. The van der Waals surface area contributed by atoms with Crippen molar-refractivity contribution >= 4 is 11.6 Å². The molecule has 1 unspecified atom stereocenters. The average molecular weight is 327 g/mol. The molecule has 124 valence electrons. The van der Waals surface area contributed by atoms with Crippen molar-refractivity contribution < 1.29 is 22.7 Å². The maximum Gasteiger partial charge on any atom is 0.573 e. The van der Waals surface area contributed by atoms with Crippen molar-refractivity contribution in [1.82, 2.24) is 5.32 Å². The van der Waals surface area contributed by atoms with Crippen molar-refractivity contribution in [3.8, 4) is 11.8 Å². The second-order valence-electron chi connectivity index (χ2n) is 5.53. The van der Waals surface area contributed by atoms with Gasteiger partial charge in [-0.15, -0.1) is 13.2 Å². The summed E-state index contributed by atoms with van der Waals surface area (Å²) in [7, 11) is 0. The lowest BCUT2D eigenvalue weighted by Crippen LogP contribution is -2.48. The molecule has 1 fully saturated rings. The summed E-state index contributed by atoms with van der Waals surface area (Å²) in [5.74, 6) is -0.766. The zero-order chi connectivity index (χ0) is 17.1. The first-order chi connectivity index (χ1) is 10.7. The van der Waals surface area contributed by atoms with Gasteiger partial charge >= 0.3 is 6.36 Å². The number of para-hydroxylation sites is 2. The molecule has 0 spiro atoms. The van der Waals surface area contributed by atoms with Crippen molar-refractivity contribution in [2.45, 2.75) is 31.7 Å². The number of hydrogen-bond acceptors (Lipinski definition) is 4. The minimum atomic E-state index is -4.81. The molecule has 1 saturated carbocycles. The van der Waals surface area contributed by atoms with E-state index in [4.69, 9.17) is 0 Å². The third-order valence-electron chi connectivity index (χ3n) is 3.58. The summed E-state index contributed by atoms with van der Waals surface area (Å²) in [4.78, 5) is 11.9. The predicted molar refractivity (Wildman–Crippen MR) is 76.5 cm³/mol. The molecule has 2 N–H and O–H groups in total. The molecule has 1 aromatic rings. The topological polar surface area (TPSA) is 74.2 Å². The first-order valence-electron chi connectivity index (χ1n) is 7.04. The summed E-state index contributed by atoms with van der Waals surface area (Å²) in [5, 5.41) is 14.4. The van der Waals surface area contributed by atoms with Crippen LogP contribution in [0.15, 0.2) is 24.3 Å². The van der Waals surface area contributed by atoms with Crippen LogP contribution in [0.2, 0.25) is 0 Å². The van der Waals surface area contributed by atoms with Crippen molar-refractivity contribution in [3.63, 3.8) is 0 Å². The highest BCUT2D eigenvalue weighted by atomic mass is 19.4. The van der Waals surface area contributed by atoms with Gasteiger partial charge in [-0.05, 0) is 37.8 Å². The number of alkyl halides is 3. The van der Waals surface area contributed by atoms with Crippen LogP contribution in [0.3, 0.4) is 0 Å². The minimum absolute atomic E-state index is 0.0463. The standard InChI is InChI=1S/C15H16F3N3O2/c1-14(9-19,10-6-7-10)21-13(22)8-20-11-4-2-3-5-12(11)23-15(16,17)18/h2-5,10,20H,6-8H2,1H3,(H,21,22). The first kappa shape index (κ1) is 16.9. The number of nitriles is 1. The Hall–Kier alpha value is -2.43. The fourth-order valence-electron chi connectivity index (χ4n) is 2.22. The molecule has 1 aromatic carbocycles. The van der Waals surface area contributed by atoms with Crippen LogP contribution in [-0.4, -0.2) is 24.4 Å². The third-order valence-corrected chi connectivity index (χ3v) is 3.58. The Kier molecular flexibility index (Phi) is 4.68. The van der Waals surface area contributed by atoms with E-state index in [1.807, 2.05) is 0 Å². The number of benzene rings is 1. The maximum absolute atomic E-state index is 12.3. The van der Waals surface area contributed by atoms with Gasteiger partial charge in [0, 0.05) is 0 Å². The second kappa shape index (κ2) is 6.36. The van der Waals surface area contributed by atoms with Crippen molar-refractivity contribution in [1.29, 1.82) is 5.26 Å². The number of carbonyl (C=O) groups excluding carboxylic acids is 1. The molecule has 0 aliphatic heterocycles. The Labute approximate surface area is 131 Å². The van der Waals surface area contributed by atoms with Gasteiger partial charge < -0.3 is 15.4 Å². The summed E-state index contributed by atoms with van der Waals surface area (Å²) in [6.07, 6.45) is -3.06. The third kappa shape index (κ3) is 4.77. The van der Waals surface area contributed by atoms with E-state index in [2.05, 4.69) is 21.4 Å². The molecular formula is C15H16F3N3O2. The van der Waals surface area contributed by atoms with Gasteiger partial charge in [-0.2, -0.15) is 5.26 Å². The molecule has 2 rings (SSSR count). The SMILES string of the molecule is CC(C#N)(NC(=O)CNc1ccccc1OC(F)(F)F)C1CC1. The van der Waals surface area contributed by atoms with Gasteiger partial charge in [-0.1, -0.05) is 12.1 Å². The van der Waals surface area contributed by atoms with Gasteiger partial charge in [0.1, 0.15) is 5.54 Å². The van der Waals surface area contributed by atoms with Crippen LogP contribution >= 0.6 is 0 Å². The van der Waals surface area contributed by atoms with Crippen LogP contribution in [0.1, 0.15) is 19.8 Å². The Balaban J connectivity index is 1.96. The van der Waals surface area contributed by atoms with E-state index in [0.717, 1.165) is 18.9 Å². The maximum atomic E-state index is 12.3. The lowest BCUT2D eigenvalue weighted by atomic mass is 9.98. The highest BCUT2D eigenvalue weighted by molar-refractivity contribution is 5.82. The van der Waals surface area contributed by atoms with Crippen LogP contribution < -0.4 is 15.4 Å². The predicted octanol–water partition coefficient (Wildman–Crippen LogP) is 2.81. The molecular weight excluding hydrogens is 311 g/mol. The van der Waals surface area contributed by atoms with Crippen LogP contribution in [0.5, 0.6) is 5.75 Å². The van der Waals surface area contributed by atoms with E-state index in [1.54, 1.807) is 6.92 Å². The average Bonchev–Trinajstić information content (AvgIpc) is 3.29. The van der Waals surface area contributed by atoms with Gasteiger partial charge in [0.05, 0.1) is 18.3 Å². The Morgan fingerprint density at radius 3 is 2.61 bits per heavy atom. The monoisotopic (exact) mass is 327 g/mol. The molecule has 1 amide bonds. The van der Waals surface area contributed by atoms with Crippen LogP contribution in [-0.2, 0) is 4.79 Å². The molecule has 0 bridgehead atoms. The Bertz CT molecular complexity index is 623. The molecule has 1 atom stereocenters. The largest absolute Gasteiger partial charge is 0.573 e. The van der Waals surface area contributed by atoms with Crippen molar-refractivity contribution in [3.05, 3.63) is 24.3 Å². The highest BCUT2D eigenvalue weighted by Crippen LogP contribution is 2.39. The number of ether oxygens (including phenoxy) is 1. The van der Waals surface area contributed by atoms with E-state index in [0.29, 0.717) is 0 Å². The minimum Gasteiger partial charge on any atom is -0.404 e. The van der Waals surface area contributed by atoms with Crippen molar-refractivity contribution in [2.75, 3.05) is 11.9 Å². The smallest absolute Gasteiger partial charge is 0.404 e. The molecule has 0 saturated heterocycles. The molecule has 0 aromatic heterocycles. The van der Waals surface area contributed by atoms with Gasteiger partial charge in [0.25, 0.3) is 0 Å². The Morgan fingerprint density at radius 2 is 2.04 bits per heavy atom. The number of nitrogens with zero attached hydrogens (tertiary/aromatic N) is 1. The number of amides is 1. The summed E-state index contributed by atoms with van der Waals surface area (Å²) < 4.78 is 40.8. The van der Waals surface area contributed by atoms with Crippen molar-refractivity contribution in [2.24, 2.45) is 5.92 Å². The normalized spacial score (nSPS) is 16.8. The number of hydrogen-bond donors (Lipinski definition) is 2. The number of halogens is 3. The van der Waals surface area contributed by atoms with E-state index < -0.39 is 23.6 Å². The summed E-state index contributed by atoms with van der Waals surface area (Å²) in [6, 6.07) is 7.52. The number of nitrogens with one attached hydrogen (secondary N) is 2. The molecule has 23 heavy (non-hydrogen) atoms. The lowest BCUT2D eigenvalue weighted by Gasteiger charge is -2.23. The summed E-state index contributed by atoms with van der Waals surface area (Å²) in [6.45, 7) is 1.38. The molecule has 5 nitrogen and oxygen atoms in total. The van der Waals surface area contributed by atoms with Crippen LogP contribution in [0.25, 0.3) is 0 Å². The first-order valence-corrected chi connectivity index (χ1v) is 7.04. The molecule has 0 heterocycles. The van der Waals surface area contributed by atoms with Gasteiger partial charge in [-0.25, -0.2) is 0 Å². The van der Waals surface area contributed by atoms with E-state index >= 15 is 0 Å². The molecule has 8 heteroatoms. The molecule has 1 aliphatic carbocycles. The Morgan fingerprint density at radius 1 is 1.39 bits per heavy atom. The van der Waals surface area contributed by atoms with Crippen LogP contribution in [0.4, 0.5) is 18.9 Å². The fraction of sp³-hybridized carbons (Fsp3) is 0.467. The molecule has 1 aliphatic rings.